The number of carbonyl (C=O) groups is 2. The molecule has 0 saturated carbocycles. The highest BCUT2D eigenvalue weighted by molar-refractivity contribution is 9.10. The maximum atomic E-state index is 12.3. The van der Waals surface area contributed by atoms with E-state index in [-0.39, 0.29) is 11.8 Å². The van der Waals surface area contributed by atoms with Crippen molar-refractivity contribution in [2.45, 2.75) is 25.3 Å². The largest absolute Gasteiger partial charge is 0.439 e. The lowest BCUT2D eigenvalue weighted by Gasteiger charge is -2.15. The molecule has 0 spiro atoms. The zero-order valence-corrected chi connectivity index (χ0v) is 15.1. The second-order valence-electron chi connectivity index (χ2n) is 5.75. The van der Waals surface area contributed by atoms with Crippen LogP contribution >= 0.6 is 15.9 Å². The summed E-state index contributed by atoms with van der Waals surface area (Å²) in [6.07, 6.45) is 3.93. The Morgan fingerprint density at radius 3 is 2.72 bits per heavy atom. The van der Waals surface area contributed by atoms with Gasteiger partial charge in [0.05, 0.1) is 5.56 Å². The van der Waals surface area contributed by atoms with Crippen LogP contribution in [0.2, 0.25) is 0 Å². The molecule has 1 atom stereocenters. The third kappa shape index (κ3) is 4.79. The van der Waals surface area contributed by atoms with Crippen LogP contribution < -0.4 is 15.4 Å². The standard InChI is InChI=1S/C18H18BrN3O3/c19-13-5-7-14(8-6-13)25-16-9-4-12(11-21-16)17(23)22-15-3-1-2-10-20-18(15)24/h4-9,11,15H,1-3,10H2,(H,20,24)(H,22,23). The van der Waals surface area contributed by atoms with Gasteiger partial charge in [0.15, 0.2) is 0 Å². The smallest absolute Gasteiger partial charge is 0.253 e. The molecule has 2 heterocycles. The monoisotopic (exact) mass is 403 g/mol. The molecule has 1 unspecified atom stereocenters. The third-order valence-corrected chi connectivity index (χ3v) is 4.40. The number of halogens is 1. The summed E-state index contributed by atoms with van der Waals surface area (Å²) in [6.45, 7) is 0.662. The van der Waals surface area contributed by atoms with Gasteiger partial charge >= 0.3 is 0 Å². The number of ether oxygens (including phenoxy) is 1. The molecule has 1 fully saturated rings. The van der Waals surface area contributed by atoms with Gasteiger partial charge in [-0.1, -0.05) is 15.9 Å². The zero-order chi connectivity index (χ0) is 17.6. The van der Waals surface area contributed by atoms with Gasteiger partial charge in [-0.15, -0.1) is 0 Å². The van der Waals surface area contributed by atoms with Crippen LogP contribution in [0.4, 0.5) is 0 Å². The van der Waals surface area contributed by atoms with Crippen LogP contribution in [-0.4, -0.2) is 29.4 Å². The van der Waals surface area contributed by atoms with Gasteiger partial charge < -0.3 is 15.4 Å². The first-order chi connectivity index (χ1) is 12.1. The van der Waals surface area contributed by atoms with Gasteiger partial charge in [0.25, 0.3) is 5.91 Å². The van der Waals surface area contributed by atoms with Crippen molar-refractivity contribution in [1.29, 1.82) is 0 Å². The lowest BCUT2D eigenvalue weighted by atomic mass is 10.1. The Morgan fingerprint density at radius 1 is 1.20 bits per heavy atom. The van der Waals surface area contributed by atoms with E-state index >= 15 is 0 Å². The van der Waals surface area contributed by atoms with Crippen molar-refractivity contribution in [3.63, 3.8) is 0 Å². The molecule has 3 rings (SSSR count). The molecule has 2 aromatic rings. The molecule has 130 valence electrons. The molecule has 6 nitrogen and oxygen atoms in total. The molecule has 25 heavy (non-hydrogen) atoms. The molecule has 1 aliphatic heterocycles. The minimum atomic E-state index is -0.492. The van der Waals surface area contributed by atoms with Crippen LogP contribution in [0.25, 0.3) is 0 Å². The molecule has 7 heteroatoms. The van der Waals surface area contributed by atoms with Crippen LogP contribution in [0.1, 0.15) is 29.6 Å². The fourth-order valence-electron chi connectivity index (χ4n) is 2.52. The summed E-state index contributed by atoms with van der Waals surface area (Å²) in [5.41, 5.74) is 0.389. The van der Waals surface area contributed by atoms with Crippen molar-refractivity contribution < 1.29 is 14.3 Å². The van der Waals surface area contributed by atoms with E-state index in [0.29, 0.717) is 30.2 Å². The second-order valence-corrected chi connectivity index (χ2v) is 6.67. The summed E-state index contributed by atoms with van der Waals surface area (Å²) in [6, 6.07) is 10.1. The molecule has 2 amide bonds. The lowest BCUT2D eigenvalue weighted by molar-refractivity contribution is -0.122. The maximum absolute atomic E-state index is 12.3. The number of hydrogen-bond donors (Lipinski definition) is 2. The normalized spacial score (nSPS) is 17.3. The number of benzene rings is 1. The average molecular weight is 404 g/mol. The van der Waals surface area contributed by atoms with Crippen molar-refractivity contribution in [3.05, 3.63) is 52.6 Å². The van der Waals surface area contributed by atoms with Crippen LogP contribution in [0.5, 0.6) is 11.6 Å². The Bertz CT molecular complexity index is 747. The minimum absolute atomic E-state index is 0.131. The fraction of sp³-hybridized carbons (Fsp3) is 0.278. The van der Waals surface area contributed by atoms with Crippen molar-refractivity contribution >= 4 is 27.7 Å². The van der Waals surface area contributed by atoms with Crippen molar-refractivity contribution in [3.8, 4) is 11.6 Å². The Hall–Kier alpha value is -2.41. The summed E-state index contributed by atoms with van der Waals surface area (Å²) in [5.74, 6) is 0.604. The highest BCUT2D eigenvalue weighted by Crippen LogP contribution is 2.21. The van der Waals surface area contributed by atoms with Crippen molar-refractivity contribution in [1.82, 2.24) is 15.6 Å². The summed E-state index contributed by atoms with van der Waals surface area (Å²) in [4.78, 5) is 28.4. The first-order valence-electron chi connectivity index (χ1n) is 8.10. The number of nitrogens with one attached hydrogen (secondary N) is 2. The summed E-state index contributed by atoms with van der Waals surface area (Å²) in [7, 11) is 0. The number of pyridine rings is 1. The number of aromatic nitrogens is 1. The SMILES string of the molecule is O=C(NC1CCCCNC1=O)c1ccc(Oc2ccc(Br)cc2)nc1. The van der Waals surface area contributed by atoms with E-state index in [0.717, 1.165) is 17.3 Å². The molecule has 0 bridgehead atoms. The minimum Gasteiger partial charge on any atom is -0.439 e. The molecule has 0 aliphatic carbocycles. The van der Waals surface area contributed by atoms with Gasteiger partial charge in [0, 0.05) is 23.3 Å². The Kier molecular flexibility index (Phi) is 5.65. The summed E-state index contributed by atoms with van der Waals surface area (Å²) >= 11 is 3.36. The van der Waals surface area contributed by atoms with Gasteiger partial charge in [-0.25, -0.2) is 4.98 Å². The van der Waals surface area contributed by atoms with E-state index in [4.69, 9.17) is 4.74 Å². The molecular formula is C18H18BrN3O3. The van der Waals surface area contributed by atoms with Gasteiger partial charge in [-0.05, 0) is 49.6 Å². The van der Waals surface area contributed by atoms with E-state index < -0.39 is 6.04 Å². The van der Waals surface area contributed by atoms with Gasteiger partial charge in [0.1, 0.15) is 11.8 Å². The topological polar surface area (TPSA) is 80.3 Å². The molecule has 2 N–H and O–H groups in total. The Morgan fingerprint density at radius 2 is 2.00 bits per heavy atom. The number of hydrogen-bond acceptors (Lipinski definition) is 4. The maximum Gasteiger partial charge on any atom is 0.253 e. The van der Waals surface area contributed by atoms with E-state index in [1.54, 1.807) is 12.1 Å². The Labute approximate surface area is 154 Å². The fourth-order valence-corrected chi connectivity index (χ4v) is 2.78. The third-order valence-electron chi connectivity index (χ3n) is 3.88. The summed E-state index contributed by atoms with van der Waals surface area (Å²) in [5, 5.41) is 5.56. The molecule has 1 aromatic carbocycles. The van der Waals surface area contributed by atoms with Gasteiger partial charge in [0.2, 0.25) is 11.8 Å². The van der Waals surface area contributed by atoms with Crippen LogP contribution in [0, 0.1) is 0 Å². The highest BCUT2D eigenvalue weighted by Gasteiger charge is 2.22. The highest BCUT2D eigenvalue weighted by atomic mass is 79.9. The predicted octanol–water partition coefficient (Wildman–Crippen LogP) is 3.03. The van der Waals surface area contributed by atoms with Crippen LogP contribution in [0.15, 0.2) is 47.1 Å². The number of nitrogens with zero attached hydrogens (tertiary/aromatic N) is 1. The van der Waals surface area contributed by atoms with Gasteiger partial charge in [-0.2, -0.15) is 0 Å². The molecule has 1 aliphatic rings. The van der Waals surface area contributed by atoms with Crippen molar-refractivity contribution in [2.75, 3.05) is 6.54 Å². The molecule has 1 saturated heterocycles. The van der Waals surface area contributed by atoms with Crippen molar-refractivity contribution in [2.24, 2.45) is 0 Å². The lowest BCUT2D eigenvalue weighted by Crippen LogP contribution is -2.45. The molecule has 1 aromatic heterocycles. The van der Waals surface area contributed by atoms with Gasteiger partial charge in [-0.3, -0.25) is 9.59 Å². The second kappa shape index (κ2) is 8.11. The number of amides is 2. The zero-order valence-electron chi connectivity index (χ0n) is 13.5. The first-order valence-corrected chi connectivity index (χ1v) is 8.89. The Balaban J connectivity index is 1.62. The van der Waals surface area contributed by atoms with Crippen LogP contribution in [-0.2, 0) is 4.79 Å². The van der Waals surface area contributed by atoms with E-state index in [9.17, 15) is 9.59 Å². The predicted molar refractivity (Wildman–Crippen MR) is 96.6 cm³/mol. The average Bonchev–Trinajstić information content (AvgIpc) is 2.82. The first kappa shape index (κ1) is 17.4. The molecular weight excluding hydrogens is 386 g/mol. The van der Waals surface area contributed by atoms with Crippen LogP contribution in [0.3, 0.4) is 0 Å². The van der Waals surface area contributed by atoms with E-state index in [1.807, 2.05) is 24.3 Å². The van der Waals surface area contributed by atoms with E-state index in [1.165, 1.54) is 6.20 Å². The number of carbonyl (C=O) groups excluding carboxylic acids is 2. The quantitative estimate of drug-likeness (QED) is 0.821. The van der Waals surface area contributed by atoms with E-state index in [2.05, 4.69) is 31.5 Å². The summed E-state index contributed by atoms with van der Waals surface area (Å²) < 4.78 is 6.58. The number of rotatable bonds is 4. The molecule has 0 radical (unpaired) electrons.